The third-order valence-electron chi connectivity index (χ3n) is 5.23. The number of fused-ring (bicyclic) bond motifs is 2. The molecule has 0 radical (unpaired) electrons. The molecule has 0 bridgehead atoms. The van der Waals surface area contributed by atoms with Gasteiger partial charge in [-0.1, -0.05) is 12.1 Å². The van der Waals surface area contributed by atoms with Crippen LogP contribution in [0.4, 0.5) is 11.4 Å². The maximum atomic E-state index is 13.6. The number of carbonyl (C=O) groups is 2. The van der Waals surface area contributed by atoms with Crippen LogP contribution in [0.25, 0.3) is 11.0 Å². The van der Waals surface area contributed by atoms with E-state index in [9.17, 15) is 9.59 Å². The topological polar surface area (TPSA) is 80.1 Å². The highest BCUT2D eigenvalue weighted by Crippen LogP contribution is 2.41. The summed E-state index contributed by atoms with van der Waals surface area (Å²) in [5.74, 6) is 0.0217. The molecule has 0 saturated heterocycles. The van der Waals surface area contributed by atoms with E-state index in [-0.39, 0.29) is 18.4 Å². The summed E-state index contributed by atoms with van der Waals surface area (Å²) in [5, 5.41) is 8.05. The zero-order valence-electron chi connectivity index (χ0n) is 15.2. The van der Waals surface area contributed by atoms with Crippen LogP contribution in [0.15, 0.2) is 30.3 Å². The van der Waals surface area contributed by atoms with Crippen LogP contribution in [0.2, 0.25) is 0 Å². The molecule has 0 atom stereocenters. The van der Waals surface area contributed by atoms with Gasteiger partial charge in [-0.05, 0) is 38.0 Å². The highest BCUT2D eigenvalue weighted by molar-refractivity contribution is 6.19. The number of amides is 2. The molecule has 27 heavy (non-hydrogen) atoms. The van der Waals surface area contributed by atoms with Crippen molar-refractivity contribution in [2.45, 2.75) is 25.7 Å². The van der Waals surface area contributed by atoms with Crippen LogP contribution < -0.4 is 10.2 Å². The number of carbonyl (C=O) groups excluding carboxylic acids is 2. The Kier molecular flexibility index (Phi) is 3.34. The predicted molar refractivity (Wildman–Crippen MR) is 102 cm³/mol. The number of pyridine rings is 1. The van der Waals surface area contributed by atoms with E-state index in [1.54, 1.807) is 15.6 Å². The summed E-state index contributed by atoms with van der Waals surface area (Å²) < 4.78 is 1.73. The number of hydrogen-bond acceptors (Lipinski definition) is 4. The first kappa shape index (κ1) is 16.0. The lowest BCUT2D eigenvalue weighted by atomic mass is 10.0. The maximum Gasteiger partial charge on any atom is 0.259 e. The highest BCUT2D eigenvalue weighted by Gasteiger charge is 2.32. The SMILES string of the molecule is Cc1nn(C)c2nc(C3CC3)cc(C(=O)N3CC(=O)Nc4ccccc43)c12. The van der Waals surface area contributed by atoms with Gasteiger partial charge in [0.25, 0.3) is 5.91 Å². The highest BCUT2D eigenvalue weighted by atomic mass is 16.2. The third-order valence-corrected chi connectivity index (χ3v) is 5.23. The molecular weight excluding hydrogens is 342 g/mol. The summed E-state index contributed by atoms with van der Waals surface area (Å²) in [6, 6.07) is 9.26. The van der Waals surface area contributed by atoms with E-state index in [4.69, 9.17) is 4.98 Å². The van der Waals surface area contributed by atoms with Crippen molar-refractivity contribution in [1.82, 2.24) is 14.8 Å². The molecule has 3 aromatic rings. The molecule has 1 fully saturated rings. The Bertz CT molecular complexity index is 1110. The summed E-state index contributed by atoms with van der Waals surface area (Å²) >= 11 is 0. The molecule has 5 rings (SSSR count). The molecule has 1 aliphatic heterocycles. The molecule has 1 aliphatic carbocycles. The number of aryl methyl sites for hydroxylation is 2. The van der Waals surface area contributed by atoms with Crippen LogP contribution in [0.5, 0.6) is 0 Å². The Morgan fingerprint density at radius 3 is 2.81 bits per heavy atom. The number of benzene rings is 1. The van der Waals surface area contributed by atoms with Crippen molar-refractivity contribution in [3.8, 4) is 0 Å². The molecule has 0 spiro atoms. The van der Waals surface area contributed by atoms with Gasteiger partial charge in [-0.3, -0.25) is 19.2 Å². The largest absolute Gasteiger partial charge is 0.323 e. The minimum absolute atomic E-state index is 0.00225. The van der Waals surface area contributed by atoms with Crippen molar-refractivity contribution in [2.24, 2.45) is 7.05 Å². The van der Waals surface area contributed by atoms with Crippen LogP contribution in [-0.2, 0) is 11.8 Å². The van der Waals surface area contributed by atoms with Crippen LogP contribution in [0.3, 0.4) is 0 Å². The van der Waals surface area contributed by atoms with Crippen molar-refractivity contribution < 1.29 is 9.59 Å². The average molecular weight is 361 g/mol. The normalized spacial score (nSPS) is 16.4. The smallest absolute Gasteiger partial charge is 0.259 e. The number of anilines is 2. The van der Waals surface area contributed by atoms with Gasteiger partial charge in [0.1, 0.15) is 6.54 Å². The van der Waals surface area contributed by atoms with Crippen molar-refractivity contribution in [3.63, 3.8) is 0 Å². The van der Waals surface area contributed by atoms with Gasteiger partial charge in [-0.15, -0.1) is 0 Å². The Labute approximate surface area is 156 Å². The van der Waals surface area contributed by atoms with E-state index in [2.05, 4.69) is 10.4 Å². The molecule has 2 amide bonds. The first-order chi connectivity index (χ1) is 13.0. The molecule has 2 aliphatic rings. The molecule has 2 aromatic heterocycles. The van der Waals surface area contributed by atoms with E-state index >= 15 is 0 Å². The van der Waals surface area contributed by atoms with Crippen molar-refractivity contribution in [1.29, 1.82) is 0 Å². The molecule has 3 heterocycles. The summed E-state index contributed by atoms with van der Waals surface area (Å²) in [5.41, 5.74) is 4.34. The van der Waals surface area contributed by atoms with E-state index in [1.807, 2.05) is 38.2 Å². The Morgan fingerprint density at radius 2 is 2.04 bits per heavy atom. The number of hydrogen-bond donors (Lipinski definition) is 1. The van der Waals surface area contributed by atoms with Crippen LogP contribution in [0.1, 0.15) is 40.5 Å². The van der Waals surface area contributed by atoms with Gasteiger partial charge in [-0.2, -0.15) is 5.10 Å². The van der Waals surface area contributed by atoms with Crippen LogP contribution >= 0.6 is 0 Å². The van der Waals surface area contributed by atoms with Gasteiger partial charge in [0.05, 0.1) is 28.0 Å². The van der Waals surface area contributed by atoms with E-state index in [0.29, 0.717) is 22.9 Å². The van der Waals surface area contributed by atoms with Gasteiger partial charge in [0.15, 0.2) is 5.65 Å². The standard InChI is InChI=1S/C20H19N5O2/c1-11-18-13(9-15(12-7-8-12)22-19(18)24(2)23-11)20(27)25-10-17(26)21-14-5-3-4-6-16(14)25/h3-6,9,12H,7-8,10H2,1-2H3,(H,21,26). The van der Waals surface area contributed by atoms with Gasteiger partial charge >= 0.3 is 0 Å². The number of nitrogens with zero attached hydrogens (tertiary/aromatic N) is 4. The van der Waals surface area contributed by atoms with Crippen molar-refractivity contribution >= 4 is 34.2 Å². The van der Waals surface area contributed by atoms with E-state index < -0.39 is 0 Å². The first-order valence-electron chi connectivity index (χ1n) is 9.08. The minimum atomic E-state index is -0.197. The second-order valence-electron chi connectivity index (χ2n) is 7.23. The van der Waals surface area contributed by atoms with E-state index in [1.165, 1.54) is 0 Å². The lowest BCUT2D eigenvalue weighted by Gasteiger charge is -2.29. The predicted octanol–water partition coefficient (Wildman–Crippen LogP) is 2.75. The molecular formula is C20H19N5O2. The van der Waals surface area contributed by atoms with E-state index in [0.717, 1.165) is 35.3 Å². The lowest BCUT2D eigenvalue weighted by molar-refractivity contribution is -0.115. The second-order valence-corrected chi connectivity index (χ2v) is 7.23. The molecule has 136 valence electrons. The Balaban J connectivity index is 1.69. The van der Waals surface area contributed by atoms with Crippen LogP contribution in [0, 0.1) is 6.92 Å². The summed E-state index contributed by atoms with van der Waals surface area (Å²) in [6.45, 7) is 1.88. The number of aromatic nitrogens is 3. The molecule has 1 aromatic carbocycles. The summed E-state index contributed by atoms with van der Waals surface area (Å²) in [7, 11) is 1.84. The van der Waals surface area contributed by atoms with Gasteiger partial charge in [0, 0.05) is 18.7 Å². The summed E-state index contributed by atoms with van der Waals surface area (Å²) in [4.78, 5) is 32.0. The number of rotatable bonds is 2. The molecule has 7 nitrogen and oxygen atoms in total. The average Bonchev–Trinajstić information content (AvgIpc) is 3.46. The van der Waals surface area contributed by atoms with Crippen LogP contribution in [-0.4, -0.2) is 33.1 Å². The third kappa shape index (κ3) is 2.50. The number of para-hydroxylation sites is 2. The van der Waals surface area contributed by atoms with Crippen molar-refractivity contribution in [3.05, 3.63) is 47.3 Å². The lowest BCUT2D eigenvalue weighted by Crippen LogP contribution is -2.42. The number of nitrogens with one attached hydrogen (secondary N) is 1. The fraction of sp³-hybridized carbons (Fsp3) is 0.300. The molecule has 1 N–H and O–H groups in total. The Morgan fingerprint density at radius 1 is 1.26 bits per heavy atom. The zero-order valence-corrected chi connectivity index (χ0v) is 15.2. The molecule has 0 unspecified atom stereocenters. The monoisotopic (exact) mass is 361 g/mol. The zero-order chi connectivity index (χ0) is 18.7. The van der Waals surface area contributed by atoms with Gasteiger partial charge in [-0.25, -0.2) is 4.98 Å². The van der Waals surface area contributed by atoms with Gasteiger partial charge < -0.3 is 5.32 Å². The second kappa shape index (κ2) is 5.64. The molecule has 1 saturated carbocycles. The maximum absolute atomic E-state index is 13.6. The first-order valence-corrected chi connectivity index (χ1v) is 9.08. The quantitative estimate of drug-likeness (QED) is 0.761. The summed E-state index contributed by atoms with van der Waals surface area (Å²) in [6.07, 6.45) is 2.19. The van der Waals surface area contributed by atoms with Crippen molar-refractivity contribution in [2.75, 3.05) is 16.8 Å². The minimum Gasteiger partial charge on any atom is -0.323 e. The molecule has 7 heteroatoms. The Hall–Kier alpha value is -3.22. The fourth-order valence-electron chi connectivity index (χ4n) is 3.78. The van der Waals surface area contributed by atoms with Gasteiger partial charge in [0.2, 0.25) is 5.91 Å². The fourth-order valence-corrected chi connectivity index (χ4v) is 3.78.